The highest BCUT2D eigenvalue weighted by molar-refractivity contribution is 5.85. The van der Waals surface area contributed by atoms with Crippen molar-refractivity contribution >= 4 is 5.78 Å². The van der Waals surface area contributed by atoms with Crippen molar-refractivity contribution in [2.75, 3.05) is 6.54 Å². The zero-order valence-corrected chi connectivity index (χ0v) is 18.8. The van der Waals surface area contributed by atoms with Crippen molar-refractivity contribution in [1.29, 1.82) is 0 Å². The number of hydrogen-bond donors (Lipinski definition) is 3. The van der Waals surface area contributed by atoms with E-state index < -0.39 is 5.60 Å². The van der Waals surface area contributed by atoms with E-state index in [0.717, 1.165) is 54.3 Å². The van der Waals surface area contributed by atoms with Gasteiger partial charge in [0.1, 0.15) is 0 Å². The average Bonchev–Trinajstić information content (AvgIpc) is 3.06. The van der Waals surface area contributed by atoms with E-state index in [1.807, 2.05) is 17.4 Å². The molecule has 0 aromatic heterocycles. The number of hydrogen-bond acceptors (Lipinski definition) is 5. The number of hydrazine groups is 2. The summed E-state index contributed by atoms with van der Waals surface area (Å²) in [7, 11) is 0. The lowest BCUT2D eigenvalue weighted by Crippen LogP contribution is -2.53. The lowest BCUT2D eigenvalue weighted by Gasteiger charge is -2.58. The molecule has 0 unspecified atom stereocenters. The third kappa shape index (κ3) is 2.70. The van der Waals surface area contributed by atoms with Gasteiger partial charge in [-0.15, -0.1) is 5.53 Å². The van der Waals surface area contributed by atoms with Crippen LogP contribution in [-0.4, -0.2) is 28.0 Å². The largest absolute Gasteiger partial charge is 0.390 e. The number of nitrogens with zero attached hydrogens (tertiary/aromatic N) is 1. The van der Waals surface area contributed by atoms with E-state index in [2.05, 4.69) is 31.7 Å². The topological polar surface area (TPSA) is 64.6 Å². The van der Waals surface area contributed by atoms with Gasteiger partial charge in [0.15, 0.2) is 5.78 Å². The zero-order chi connectivity index (χ0) is 20.8. The number of rotatable bonds is 3. The van der Waals surface area contributed by atoms with Crippen LogP contribution in [-0.2, 0) is 4.79 Å². The van der Waals surface area contributed by atoms with Gasteiger partial charge in [-0.3, -0.25) is 9.80 Å². The third-order valence-electron chi connectivity index (χ3n) is 10.8. The van der Waals surface area contributed by atoms with Crippen molar-refractivity contribution in [3.8, 4) is 0 Å². The van der Waals surface area contributed by atoms with Gasteiger partial charge in [-0.2, -0.15) is 0 Å². The molecule has 0 amide bonds. The summed E-state index contributed by atoms with van der Waals surface area (Å²) >= 11 is 0. The molecule has 5 saturated carbocycles. The Morgan fingerprint density at radius 1 is 1.10 bits per heavy atom. The summed E-state index contributed by atoms with van der Waals surface area (Å²) in [6.45, 7) is 7.42. The number of carbonyl (C=O) groups is 1. The molecule has 6 rings (SSSR count). The number of carbonyl (C=O) groups excluding carboxylic acids is 1. The van der Waals surface area contributed by atoms with E-state index in [1.165, 1.54) is 32.1 Å². The van der Waals surface area contributed by atoms with Crippen molar-refractivity contribution in [3.05, 3.63) is 12.4 Å². The van der Waals surface area contributed by atoms with Crippen molar-refractivity contribution in [3.63, 3.8) is 0 Å². The van der Waals surface area contributed by atoms with Crippen LogP contribution in [0.5, 0.6) is 0 Å². The molecule has 30 heavy (non-hydrogen) atoms. The maximum atomic E-state index is 13.5. The summed E-state index contributed by atoms with van der Waals surface area (Å²) in [6.07, 6.45) is 12.2. The van der Waals surface area contributed by atoms with Crippen molar-refractivity contribution < 1.29 is 9.90 Å². The SMILES string of the molecule is C[C@H]1[C@@H]2[C@H]1[C@H](C(=O)CN1C=CNN1)[C@@]1(C)CC[C@H]3[C@@H](CC[C@@H]4C[C@](C)(O)CC[C@@H]43)[C@H]21. The molecule has 5 nitrogen and oxygen atoms in total. The van der Waals surface area contributed by atoms with E-state index in [-0.39, 0.29) is 11.3 Å². The standard InChI is InChI=1S/C25H39N3O2/c1-14-20-21(14)23(19(29)13-28-11-10-26-27-28)25(3)9-7-17-16-6-8-24(2,30)12-15(16)4-5-18(17)22(20)25/h10-11,14-18,20-23,26-27,30H,4-9,12-13H2,1-3H3/t14-,15+,16-,17+,18+,20+,21-,22+,23-,24+,25-/m0/s1. The minimum atomic E-state index is -0.439. The van der Waals surface area contributed by atoms with E-state index in [0.29, 0.717) is 18.2 Å². The molecule has 0 aromatic rings. The van der Waals surface area contributed by atoms with Crippen LogP contribution in [0.4, 0.5) is 0 Å². The van der Waals surface area contributed by atoms with Gasteiger partial charge in [-0.25, -0.2) is 0 Å². The van der Waals surface area contributed by atoms with Gasteiger partial charge >= 0.3 is 0 Å². The monoisotopic (exact) mass is 413 g/mol. The van der Waals surface area contributed by atoms with Gasteiger partial charge in [0.05, 0.1) is 12.1 Å². The highest BCUT2D eigenvalue weighted by Crippen LogP contribution is 2.76. The summed E-state index contributed by atoms with van der Waals surface area (Å²) in [4.78, 5) is 13.5. The average molecular weight is 414 g/mol. The van der Waals surface area contributed by atoms with Gasteiger partial charge in [0, 0.05) is 18.3 Å². The molecule has 0 radical (unpaired) electrons. The van der Waals surface area contributed by atoms with Gasteiger partial charge in [-0.1, -0.05) is 13.8 Å². The molecular formula is C25H39N3O2. The summed E-state index contributed by atoms with van der Waals surface area (Å²) in [6, 6.07) is 0. The highest BCUT2D eigenvalue weighted by Gasteiger charge is 2.74. The molecule has 5 fully saturated rings. The van der Waals surface area contributed by atoms with Gasteiger partial charge in [-0.05, 0) is 105 Å². The third-order valence-corrected chi connectivity index (χ3v) is 10.8. The Morgan fingerprint density at radius 2 is 1.90 bits per heavy atom. The Balaban J connectivity index is 1.25. The number of Topliss-reactive ketones (excluding diaryl/α,β-unsaturated/α-hetero) is 1. The number of aliphatic hydroxyl groups is 1. The molecule has 5 heteroatoms. The molecule has 0 bridgehead atoms. The maximum Gasteiger partial charge on any atom is 0.157 e. The number of nitrogens with one attached hydrogen (secondary N) is 2. The molecule has 0 spiro atoms. The molecule has 6 aliphatic rings. The quantitative estimate of drug-likeness (QED) is 0.661. The smallest absolute Gasteiger partial charge is 0.157 e. The molecule has 11 atom stereocenters. The maximum absolute atomic E-state index is 13.5. The van der Waals surface area contributed by atoms with E-state index in [1.54, 1.807) is 0 Å². The van der Waals surface area contributed by atoms with Crippen LogP contribution in [0, 0.1) is 58.7 Å². The van der Waals surface area contributed by atoms with Crippen LogP contribution in [0.25, 0.3) is 0 Å². The van der Waals surface area contributed by atoms with Crippen molar-refractivity contribution in [2.24, 2.45) is 58.7 Å². The first-order chi connectivity index (χ1) is 14.3. The van der Waals surface area contributed by atoms with Gasteiger partial charge < -0.3 is 10.5 Å². The van der Waals surface area contributed by atoms with E-state index in [9.17, 15) is 9.90 Å². The molecule has 1 heterocycles. The predicted octanol–water partition coefficient (Wildman–Crippen LogP) is 3.47. The lowest BCUT2D eigenvalue weighted by atomic mass is 9.47. The summed E-state index contributed by atoms with van der Waals surface area (Å²) in [5, 5.41) is 12.5. The van der Waals surface area contributed by atoms with Crippen LogP contribution in [0.1, 0.15) is 65.7 Å². The Labute approximate surface area is 181 Å². The van der Waals surface area contributed by atoms with E-state index in [4.69, 9.17) is 0 Å². The van der Waals surface area contributed by atoms with Crippen LogP contribution >= 0.6 is 0 Å². The normalized spacial score (nSPS) is 55.9. The minimum absolute atomic E-state index is 0.198. The Bertz CT molecular complexity index is 765. The fraction of sp³-hybridized carbons (Fsp3) is 0.880. The molecule has 5 aliphatic carbocycles. The first-order valence-corrected chi connectivity index (χ1v) is 12.5. The van der Waals surface area contributed by atoms with Crippen molar-refractivity contribution in [2.45, 2.75) is 71.3 Å². The molecule has 3 N–H and O–H groups in total. The molecule has 1 aliphatic heterocycles. The van der Waals surface area contributed by atoms with Crippen LogP contribution in [0.15, 0.2) is 12.4 Å². The Hall–Kier alpha value is -1.07. The van der Waals surface area contributed by atoms with Gasteiger partial charge in [0.25, 0.3) is 0 Å². The van der Waals surface area contributed by atoms with Crippen LogP contribution in [0.3, 0.4) is 0 Å². The molecule has 0 saturated heterocycles. The second kappa shape index (κ2) is 6.48. The first-order valence-electron chi connectivity index (χ1n) is 12.5. The fourth-order valence-electron chi connectivity index (χ4n) is 9.73. The van der Waals surface area contributed by atoms with E-state index >= 15 is 0 Å². The predicted molar refractivity (Wildman–Crippen MR) is 115 cm³/mol. The van der Waals surface area contributed by atoms with Crippen molar-refractivity contribution in [1.82, 2.24) is 16.0 Å². The fourth-order valence-corrected chi connectivity index (χ4v) is 9.73. The minimum Gasteiger partial charge on any atom is -0.390 e. The number of fused-ring (bicyclic) bond motifs is 7. The van der Waals surface area contributed by atoms with Crippen LogP contribution in [0.2, 0.25) is 0 Å². The van der Waals surface area contributed by atoms with Gasteiger partial charge in [0.2, 0.25) is 0 Å². The second-order valence-electron chi connectivity index (χ2n) is 12.3. The molecular weight excluding hydrogens is 374 g/mol. The highest BCUT2D eigenvalue weighted by atomic mass is 16.3. The summed E-state index contributed by atoms with van der Waals surface area (Å²) in [5.41, 5.74) is 5.77. The van der Waals surface area contributed by atoms with Crippen LogP contribution < -0.4 is 11.0 Å². The summed E-state index contributed by atoms with van der Waals surface area (Å²) in [5.74, 6) is 6.75. The lowest BCUT2D eigenvalue weighted by molar-refractivity contribution is -0.138. The Kier molecular flexibility index (Phi) is 4.23. The zero-order valence-electron chi connectivity index (χ0n) is 18.8. The Morgan fingerprint density at radius 3 is 2.67 bits per heavy atom. The second-order valence-corrected chi connectivity index (χ2v) is 12.3. The number of ketones is 1. The molecule has 166 valence electrons. The summed E-state index contributed by atoms with van der Waals surface area (Å²) < 4.78 is 0. The first kappa shape index (κ1) is 19.6. The molecule has 0 aromatic carbocycles.